The molecule has 2 N–H and O–H groups in total. The molecular formula is C27H32ClN3O7. The third-order valence-electron chi connectivity index (χ3n) is 8.62. The predicted molar refractivity (Wildman–Crippen MR) is 135 cm³/mol. The van der Waals surface area contributed by atoms with Gasteiger partial charge in [0.1, 0.15) is 18.3 Å². The Kier molecular flexibility index (Phi) is 6.06. The third-order valence-corrected chi connectivity index (χ3v) is 8.84. The molecule has 7 rings (SSSR count). The summed E-state index contributed by atoms with van der Waals surface area (Å²) in [5.74, 6) is -2.29. The van der Waals surface area contributed by atoms with Crippen LogP contribution < -0.4 is 0 Å². The molecule has 2 aliphatic carbocycles. The zero-order chi connectivity index (χ0) is 26.1. The van der Waals surface area contributed by atoms with Gasteiger partial charge in [-0.15, -0.1) is 10.2 Å². The van der Waals surface area contributed by atoms with Gasteiger partial charge in [0.05, 0.1) is 5.52 Å². The minimum atomic E-state index is -1.08. The van der Waals surface area contributed by atoms with Crippen molar-refractivity contribution in [3.05, 3.63) is 22.7 Å². The van der Waals surface area contributed by atoms with Gasteiger partial charge in [-0.2, -0.15) is 0 Å². The SMILES string of the molecule is Cc1cc(Cl)cc2c(N=NC(=O)[C@@H]3O[C@@H]4OC5(CCCCC5)O[C@@H]4[C@H]4OC5(CCCCC5)O[C@@H]43)c(O)[nH]c12. The molecule has 5 fully saturated rings. The first-order valence-corrected chi connectivity index (χ1v) is 14.1. The monoisotopic (exact) mass is 545 g/mol. The Balaban J connectivity index is 1.19. The first kappa shape index (κ1) is 24.9. The predicted octanol–water partition coefficient (Wildman–Crippen LogP) is 5.69. The molecule has 0 bridgehead atoms. The summed E-state index contributed by atoms with van der Waals surface area (Å²) in [6, 6.07) is 3.45. The van der Waals surface area contributed by atoms with E-state index in [1.165, 1.54) is 0 Å². The van der Waals surface area contributed by atoms with Crippen LogP contribution in [0.5, 0.6) is 5.88 Å². The molecule has 1 aromatic carbocycles. The number of amides is 1. The van der Waals surface area contributed by atoms with E-state index in [4.69, 9.17) is 35.3 Å². The lowest BCUT2D eigenvalue weighted by molar-refractivity contribution is -0.247. The number of carbonyl (C=O) groups is 1. The van der Waals surface area contributed by atoms with Crippen LogP contribution in [0.2, 0.25) is 5.02 Å². The molecule has 2 spiro atoms. The highest BCUT2D eigenvalue weighted by molar-refractivity contribution is 6.31. The van der Waals surface area contributed by atoms with Crippen LogP contribution in [0.1, 0.15) is 69.8 Å². The average Bonchev–Trinajstić information content (AvgIpc) is 3.54. The van der Waals surface area contributed by atoms with Crippen LogP contribution in [0.4, 0.5) is 5.69 Å². The van der Waals surface area contributed by atoms with Gasteiger partial charge in [-0.05, 0) is 50.3 Å². The molecule has 204 valence electrons. The van der Waals surface area contributed by atoms with Crippen LogP contribution in [-0.4, -0.2) is 58.3 Å². The van der Waals surface area contributed by atoms with Crippen molar-refractivity contribution in [3.63, 3.8) is 0 Å². The van der Waals surface area contributed by atoms with Crippen LogP contribution in [0, 0.1) is 6.92 Å². The van der Waals surface area contributed by atoms with Crippen molar-refractivity contribution in [1.29, 1.82) is 0 Å². The lowest BCUT2D eigenvalue weighted by atomic mass is 9.94. The maximum atomic E-state index is 13.5. The zero-order valence-corrected chi connectivity index (χ0v) is 22.0. The topological polar surface area (TPSA) is 124 Å². The molecular weight excluding hydrogens is 514 g/mol. The van der Waals surface area contributed by atoms with Gasteiger partial charge in [0, 0.05) is 36.1 Å². The van der Waals surface area contributed by atoms with Crippen LogP contribution in [-0.2, 0) is 28.5 Å². The summed E-state index contributed by atoms with van der Waals surface area (Å²) >= 11 is 6.22. The van der Waals surface area contributed by atoms with Crippen molar-refractivity contribution in [3.8, 4) is 5.88 Å². The summed E-state index contributed by atoms with van der Waals surface area (Å²) in [6.07, 6.45) is 5.85. The Morgan fingerprint density at radius 3 is 2.29 bits per heavy atom. The van der Waals surface area contributed by atoms with Crippen molar-refractivity contribution in [1.82, 2.24) is 4.98 Å². The lowest BCUT2D eigenvalue weighted by Gasteiger charge is -2.35. The van der Waals surface area contributed by atoms with E-state index in [2.05, 4.69) is 15.2 Å². The molecule has 10 nitrogen and oxygen atoms in total. The van der Waals surface area contributed by atoms with Gasteiger partial charge in [-0.25, -0.2) is 0 Å². The number of benzene rings is 1. The Labute approximate surface area is 225 Å². The summed E-state index contributed by atoms with van der Waals surface area (Å²) in [5, 5.41) is 19.6. The van der Waals surface area contributed by atoms with Crippen LogP contribution in [0.25, 0.3) is 10.9 Å². The minimum absolute atomic E-state index is 0.137. The minimum Gasteiger partial charge on any atom is -0.493 e. The number of halogens is 1. The summed E-state index contributed by atoms with van der Waals surface area (Å²) in [6.45, 7) is 1.87. The first-order chi connectivity index (χ1) is 18.4. The average molecular weight is 546 g/mol. The van der Waals surface area contributed by atoms with E-state index in [0.29, 0.717) is 15.9 Å². The van der Waals surface area contributed by atoms with Crippen LogP contribution in [0.3, 0.4) is 0 Å². The quantitative estimate of drug-likeness (QED) is 0.464. The van der Waals surface area contributed by atoms with E-state index in [-0.39, 0.29) is 11.6 Å². The molecule has 2 aromatic rings. The van der Waals surface area contributed by atoms with E-state index in [1.807, 2.05) is 6.92 Å². The second kappa shape index (κ2) is 9.25. The standard InChI is InChI=1S/C27H32ClN3O7/c1-14-12-15(28)13-16-17(14)29-23(32)18(16)30-31-24(33)21-19-20(36-26(35-19)8-4-2-5-9-26)22-25(34-21)38-27(37-22)10-6-3-7-11-27/h12-13,19-22,25,29,32H,2-11H2,1H3/t19-,20-,21+,22+,25+/m0/s1. The van der Waals surface area contributed by atoms with Gasteiger partial charge in [-0.3, -0.25) is 4.79 Å². The molecule has 5 atom stereocenters. The molecule has 1 amide bonds. The number of aryl methyl sites for hydroxylation is 1. The number of hydrogen-bond donors (Lipinski definition) is 2. The van der Waals surface area contributed by atoms with Crippen molar-refractivity contribution in [2.75, 3.05) is 0 Å². The molecule has 38 heavy (non-hydrogen) atoms. The second-order valence-corrected chi connectivity index (χ2v) is 11.7. The third kappa shape index (κ3) is 4.08. The largest absolute Gasteiger partial charge is 0.493 e. The van der Waals surface area contributed by atoms with E-state index in [9.17, 15) is 9.90 Å². The molecule has 4 heterocycles. The van der Waals surface area contributed by atoms with Gasteiger partial charge < -0.3 is 33.8 Å². The van der Waals surface area contributed by atoms with Gasteiger partial charge in [0.25, 0.3) is 5.91 Å². The zero-order valence-electron chi connectivity index (χ0n) is 21.3. The Bertz CT molecular complexity index is 1280. The summed E-state index contributed by atoms with van der Waals surface area (Å²) in [5.41, 5.74) is 1.65. The molecule has 1 aromatic heterocycles. The molecule has 3 aliphatic heterocycles. The van der Waals surface area contributed by atoms with Crippen LogP contribution in [0.15, 0.2) is 22.4 Å². The Hall–Kier alpha value is -2.08. The first-order valence-electron chi connectivity index (χ1n) is 13.7. The molecule has 0 radical (unpaired) electrons. The fraction of sp³-hybridized carbons (Fsp3) is 0.667. The number of aromatic nitrogens is 1. The summed E-state index contributed by atoms with van der Waals surface area (Å²) < 4.78 is 32.2. The molecule has 5 aliphatic rings. The highest BCUT2D eigenvalue weighted by Gasteiger charge is 2.65. The number of aromatic hydroxyl groups is 1. The number of aromatic amines is 1. The summed E-state index contributed by atoms with van der Waals surface area (Å²) in [7, 11) is 0. The maximum absolute atomic E-state index is 13.5. The van der Waals surface area contributed by atoms with Crippen molar-refractivity contribution < 1.29 is 33.6 Å². The highest BCUT2D eigenvalue weighted by atomic mass is 35.5. The summed E-state index contributed by atoms with van der Waals surface area (Å²) in [4.78, 5) is 16.4. The van der Waals surface area contributed by atoms with Crippen molar-refractivity contribution >= 4 is 34.1 Å². The van der Waals surface area contributed by atoms with Crippen molar-refractivity contribution in [2.45, 2.75) is 113 Å². The Morgan fingerprint density at radius 1 is 0.947 bits per heavy atom. The number of fused-ring (bicyclic) bond motifs is 4. The number of nitrogens with zero attached hydrogens (tertiary/aromatic N) is 2. The normalized spacial score (nSPS) is 33.8. The van der Waals surface area contributed by atoms with Gasteiger partial charge in [0.2, 0.25) is 5.88 Å². The number of nitrogens with one attached hydrogen (secondary N) is 1. The van der Waals surface area contributed by atoms with Gasteiger partial charge >= 0.3 is 0 Å². The molecule has 11 heteroatoms. The molecule has 0 unspecified atom stereocenters. The number of carbonyl (C=O) groups excluding carboxylic acids is 1. The lowest BCUT2D eigenvalue weighted by Crippen LogP contribution is -2.57. The van der Waals surface area contributed by atoms with Gasteiger partial charge in [-0.1, -0.05) is 24.4 Å². The smallest absolute Gasteiger partial charge is 0.296 e. The maximum Gasteiger partial charge on any atom is 0.296 e. The van der Waals surface area contributed by atoms with E-state index in [1.54, 1.807) is 12.1 Å². The fourth-order valence-corrected chi connectivity index (χ4v) is 7.09. The fourth-order valence-electron chi connectivity index (χ4n) is 6.81. The van der Waals surface area contributed by atoms with Gasteiger partial charge in [0.15, 0.2) is 29.7 Å². The van der Waals surface area contributed by atoms with E-state index >= 15 is 0 Å². The number of hydrogen-bond acceptors (Lipinski definition) is 8. The number of rotatable bonds is 2. The molecule has 2 saturated carbocycles. The van der Waals surface area contributed by atoms with E-state index in [0.717, 1.165) is 69.8 Å². The van der Waals surface area contributed by atoms with E-state index < -0.39 is 48.2 Å². The van der Waals surface area contributed by atoms with Crippen molar-refractivity contribution in [2.24, 2.45) is 10.2 Å². The second-order valence-electron chi connectivity index (χ2n) is 11.2. The number of H-pyrrole nitrogens is 1. The number of azo groups is 1. The number of ether oxygens (including phenoxy) is 5. The molecule has 3 saturated heterocycles. The van der Waals surface area contributed by atoms with Crippen LogP contribution >= 0.6 is 11.6 Å². The highest BCUT2D eigenvalue weighted by Crippen LogP contribution is 2.51. The Morgan fingerprint density at radius 2 is 1.58 bits per heavy atom.